The second-order valence-electron chi connectivity index (χ2n) is 7.55. The lowest BCUT2D eigenvalue weighted by molar-refractivity contribution is -0.132. The van der Waals surface area contributed by atoms with E-state index in [1.807, 2.05) is 48.5 Å². The van der Waals surface area contributed by atoms with Gasteiger partial charge in [0.1, 0.15) is 5.75 Å². The fraction of sp³-hybridized carbons (Fsp3) is 0.391. The number of carbonyl (C=O) groups excluding carboxylic acids is 2. The summed E-state index contributed by atoms with van der Waals surface area (Å²) in [6.07, 6.45) is 0.202. The Labute approximate surface area is 172 Å². The minimum absolute atomic E-state index is 0.129. The Morgan fingerprint density at radius 3 is 2.38 bits per heavy atom. The molecule has 6 heteroatoms. The zero-order valence-electron chi connectivity index (χ0n) is 17.6. The molecule has 154 valence electrons. The molecule has 0 spiro atoms. The highest BCUT2D eigenvalue weighted by molar-refractivity contribution is 6.03. The van der Waals surface area contributed by atoms with Crippen LogP contribution in [0.25, 0.3) is 0 Å². The molecule has 0 radical (unpaired) electrons. The summed E-state index contributed by atoms with van der Waals surface area (Å²) in [5.41, 5.74) is 1.63. The normalized spacial score (nSPS) is 14.8. The Balaban J connectivity index is 1.64. The Morgan fingerprint density at radius 2 is 1.72 bits per heavy atom. The number of rotatable bonds is 7. The Kier molecular flexibility index (Phi) is 6.11. The van der Waals surface area contributed by atoms with Gasteiger partial charge in [-0.15, -0.1) is 0 Å². The summed E-state index contributed by atoms with van der Waals surface area (Å²) in [5.74, 6) is 0.382. The first-order chi connectivity index (χ1) is 13.9. The van der Waals surface area contributed by atoms with Crippen molar-refractivity contribution in [2.24, 2.45) is 0 Å². The summed E-state index contributed by atoms with van der Waals surface area (Å²) in [5, 5.41) is 2.92. The zero-order valence-corrected chi connectivity index (χ0v) is 17.6. The van der Waals surface area contributed by atoms with E-state index in [2.05, 4.69) is 24.1 Å². The van der Waals surface area contributed by atoms with Crippen molar-refractivity contribution in [3.63, 3.8) is 0 Å². The Morgan fingerprint density at radius 1 is 1.07 bits per heavy atom. The maximum Gasteiger partial charge on any atom is 0.270 e. The summed E-state index contributed by atoms with van der Waals surface area (Å²) in [4.78, 5) is 29.2. The Bertz CT molecular complexity index is 873. The number of hydrogen-bond acceptors (Lipinski definition) is 4. The van der Waals surface area contributed by atoms with Crippen molar-refractivity contribution in [2.75, 3.05) is 34.8 Å². The first-order valence-corrected chi connectivity index (χ1v) is 10.1. The molecular formula is C23H29N3O3. The molecule has 1 aliphatic rings. The fourth-order valence-electron chi connectivity index (χ4n) is 3.52. The van der Waals surface area contributed by atoms with E-state index < -0.39 is 5.60 Å². The summed E-state index contributed by atoms with van der Waals surface area (Å²) in [6.45, 7) is 9.90. The molecule has 2 aromatic carbocycles. The third kappa shape index (κ3) is 4.53. The van der Waals surface area contributed by atoms with Crippen LogP contribution in [0.4, 0.5) is 17.1 Å². The van der Waals surface area contributed by atoms with Gasteiger partial charge in [-0.2, -0.15) is 0 Å². The van der Waals surface area contributed by atoms with Crippen LogP contribution in [0.5, 0.6) is 5.75 Å². The van der Waals surface area contributed by atoms with Gasteiger partial charge in [-0.25, -0.2) is 0 Å². The highest BCUT2D eigenvalue weighted by Crippen LogP contribution is 2.37. The van der Waals surface area contributed by atoms with Gasteiger partial charge < -0.3 is 19.9 Å². The monoisotopic (exact) mass is 395 g/mol. The quantitative estimate of drug-likeness (QED) is 0.768. The molecule has 0 fully saturated rings. The molecule has 6 nitrogen and oxygen atoms in total. The highest BCUT2D eigenvalue weighted by Gasteiger charge is 2.40. The van der Waals surface area contributed by atoms with Crippen LogP contribution in [0.15, 0.2) is 48.5 Å². The average molecular weight is 396 g/mol. The van der Waals surface area contributed by atoms with E-state index in [4.69, 9.17) is 4.74 Å². The van der Waals surface area contributed by atoms with E-state index >= 15 is 0 Å². The molecular weight excluding hydrogens is 366 g/mol. The van der Waals surface area contributed by atoms with Crippen LogP contribution in [-0.2, 0) is 9.59 Å². The number of amides is 2. The van der Waals surface area contributed by atoms with Gasteiger partial charge >= 0.3 is 0 Å². The van der Waals surface area contributed by atoms with Gasteiger partial charge in [0.15, 0.2) is 5.60 Å². The van der Waals surface area contributed by atoms with Gasteiger partial charge in [-0.05, 0) is 64.1 Å². The second-order valence-corrected chi connectivity index (χ2v) is 7.55. The average Bonchev–Trinajstić information content (AvgIpc) is 2.70. The van der Waals surface area contributed by atoms with Crippen molar-refractivity contribution in [1.82, 2.24) is 0 Å². The van der Waals surface area contributed by atoms with Gasteiger partial charge in [0, 0.05) is 37.4 Å². The first-order valence-electron chi connectivity index (χ1n) is 10.1. The van der Waals surface area contributed by atoms with Crippen molar-refractivity contribution in [3.8, 4) is 5.75 Å². The van der Waals surface area contributed by atoms with Gasteiger partial charge in [0.25, 0.3) is 5.91 Å². The molecule has 0 unspecified atom stereocenters. The van der Waals surface area contributed by atoms with Crippen LogP contribution >= 0.6 is 0 Å². The molecule has 0 aromatic heterocycles. The molecule has 1 N–H and O–H groups in total. The smallest absolute Gasteiger partial charge is 0.270 e. The number of nitrogens with one attached hydrogen (secondary N) is 1. The fourth-order valence-corrected chi connectivity index (χ4v) is 3.52. The number of fused-ring (bicyclic) bond motifs is 1. The van der Waals surface area contributed by atoms with E-state index in [1.54, 1.807) is 18.7 Å². The van der Waals surface area contributed by atoms with E-state index in [9.17, 15) is 9.59 Å². The van der Waals surface area contributed by atoms with Gasteiger partial charge in [0.2, 0.25) is 5.91 Å². The van der Waals surface area contributed by atoms with Crippen LogP contribution in [0.1, 0.15) is 34.1 Å². The zero-order chi connectivity index (χ0) is 21.0. The van der Waals surface area contributed by atoms with Crippen molar-refractivity contribution < 1.29 is 14.3 Å². The van der Waals surface area contributed by atoms with Crippen LogP contribution in [0, 0.1) is 0 Å². The summed E-state index contributed by atoms with van der Waals surface area (Å²) < 4.78 is 5.82. The van der Waals surface area contributed by atoms with Crippen LogP contribution in [-0.4, -0.2) is 37.0 Å². The summed E-state index contributed by atoms with van der Waals surface area (Å²) in [7, 11) is 0. The van der Waals surface area contributed by atoms with Gasteiger partial charge in [-0.1, -0.05) is 12.1 Å². The van der Waals surface area contributed by atoms with E-state index in [-0.39, 0.29) is 18.2 Å². The Hall–Kier alpha value is -3.02. The third-order valence-electron chi connectivity index (χ3n) is 5.12. The number of ether oxygens (including phenoxy) is 1. The molecule has 2 amide bonds. The summed E-state index contributed by atoms with van der Waals surface area (Å²) in [6, 6.07) is 15.2. The van der Waals surface area contributed by atoms with Gasteiger partial charge in [0.05, 0.1) is 5.69 Å². The lowest BCUT2D eigenvalue weighted by atomic mass is 10.0. The maximum absolute atomic E-state index is 12.8. The topological polar surface area (TPSA) is 61.9 Å². The molecule has 0 bridgehead atoms. The standard InChI is InChI=1S/C23H29N3O3/c1-5-25(6-2)18-13-11-17(12-14-18)24-21(27)15-16-26-19-9-7-8-10-20(19)29-23(3,4)22(26)28/h7-14H,5-6,15-16H2,1-4H3,(H,24,27). The highest BCUT2D eigenvalue weighted by atomic mass is 16.5. The predicted octanol–water partition coefficient (Wildman–Crippen LogP) is 4.07. The van der Waals surface area contributed by atoms with E-state index in [0.717, 1.165) is 24.5 Å². The van der Waals surface area contributed by atoms with Gasteiger partial charge in [-0.3, -0.25) is 9.59 Å². The predicted molar refractivity (Wildman–Crippen MR) is 117 cm³/mol. The number of benzene rings is 2. The van der Waals surface area contributed by atoms with Crippen molar-refractivity contribution in [2.45, 2.75) is 39.7 Å². The minimum Gasteiger partial charge on any atom is -0.476 e. The van der Waals surface area contributed by atoms with Crippen LogP contribution < -0.4 is 19.9 Å². The van der Waals surface area contributed by atoms with E-state index in [1.165, 1.54) is 0 Å². The number of carbonyl (C=O) groups is 2. The number of anilines is 3. The molecule has 1 heterocycles. The summed E-state index contributed by atoms with van der Waals surface area (Å²) >= 11 is 0. The minimum atomic E-state index is -0.953. The molecule has 1 aliphatic heterocycles. The van der Waals surface area contributed by atoms with Crippen molar-refractivity contribution in [1.29, 1.82) is 0 Å². The largest absolute Gasteiger partial charge is 0.476 e. The van der Waals surface area contributed by atoms with Crippen molar-refractivity contribution in [3.05, 3.63) is 48.5 Å². The van der Waals surface area contributed by atoms with Crippen molar-refractivity contribution >= 4 is 28.9 Å². The molecule has 0 atom stereocenters. The molecule has 0 saturated carbocycles. The molecule has 29 heavy (non-hydrogen) atoms. The number of para-hydroxylation sites is 2. The number of nitrogens with zero attached hydrogens (tertiary/aromatic N) is 2. The molecule has 3 rings (SSSR count). The lowest BCUT2D eigenvalue weighted by Crippen LogP contribution is -2.53. The first kappa shape index (κ1) is 20.7. The van der Waals surface area contributed by atoms with Crippen LogP contribution in [0.3, 0.4) is 0 Å². The maximum atomic E-state index is 12.8. The third-order valence-corrected chi connectivity index (χ3v) is 5.12. The SMILES string of the molecule is CCN(CC)c1ccc(NC(=O)CCN2C(=O)C(C)(C)Oc3ccccc32)cc1. The number of hydrogen-bond donors (Lipinski definition) is 1. The van der Waals surface area contributed by atoms with E-state index in [0.29, 0.717) is 18.0 Å². The molecule has 0 saturated heterocycles. The van der Waals surface area contributed by atoms with Crippen LogP contribution in [0.2, 0.25) is 0 Å². The molecule has 2 aromatic rings. The lowest BCUT2D eigenvalue weighted by Gasteiger charge is -2.38. The second kappa shape index (κ2) is 8.55. The molecule has 0 aliphatic carbocycles.